The monoisotopic (exact) mass is 469 g/mol. The van der Waals surface area contributed by atoms with Crippen LogP contribution in [0.4, 0.5) is 11.4 Å². The smallest absolute Gasteiger partial charge is 0.268 e. The van der Waals surface area contributed by atoms with Gasteiger partial charge in [0.05, 0.1) is 23.4 Å². The molecule has 176 valence electrons. The minimum absolute atomic E-state index is 0.0254. The Morgan fingerprint density at radius 1 is 0.886 bits per heavy atom. The van der Waals surface area contributed by atoms with Gasteiger partial charge >= 0.3 is 0 Å². The van der Waals surface area contributed by atoms with E-state index in [9.17, 15) is 19.2 Å². The average molecular weight is 469 g/mol. The molecule has 2 aliphatic rings. The highest BCUT2D eigenvalue weighted by molar-refractivity contribution is 6.21. The number of benzene rings is 3. The molecular weight excluding hydrogens is 446 g/mol. The molecule has 2 aliphatic heterocycles. The van der Waals surface area contributed by atoms with Gasteiger partial charge in [0.15, 0.2) is 6.10 Å². The highest BCUT2D eigenvalue weighted by Gasteiger charge is 2.35. The second-order valence-electron chi connectivity index (χ2n) is 8.46. The summed E-state index contributed by atoms with van der Waals surface area (Å²) >= 11 is 0. The van der Waals surface area contributed by atoms with Crippen molar-refractivity contribution in [2.75, 3.05) is 16.8 Å². The molecule has 0 saturated carbocycles. The molecule has 8 heteroatoms. The Morgan fingerprint density at radius 2 is 1.54 bits per heavy atom. The first kappa shape index (κ1) is 22.3. The van der Waals surface area contributed by atoms with Gasteiger partial charge in [0, 0.05) is 18.7 Å². The Balaban J connectivity index is 1.28. The van der Waals surface area contributed by atoms with E-state index in [1.807, 2.05) is 30.3 Å². The van der Waals surface area contributed by atoms with E-state index in [0.717, 1.165) is 10.5 Å². The molecule has 0 radical (unpaired) electrons. The molecule has 0 bridgehead atoms. The molecule has 3 aromatic carbocycles. The van der Waals surface area contributed by atoms with Crippen molar-refractivity contribution in [1.82, 2.24) is 4.90 Å². The molecule has 0 saturated heterocycles. The molecule has 8 nitrogen and oxygen atoms in total. The van der Waals surface area contributed by atoms with Gasteiger partial charge in [0.1, 0.15) is 5.75 Å². The van der Waals surface area contributed by atoms with Gasteiger partial charge in [-0.1, -0.05) is 42.5 Å². The number of imide groups is 1. The van der Waals surface area contributed by atoms with Gasteiger partial charge in [-0.25, -0.2) is 0 Å². The van der Waals surface area contributed by atoms with Gasteiger partial charge in [-0.15, -0.1) is 0 Å². The lowest BCUT2D eigenvalue weighted by molar-refractivity contribution is -0.125. The topological polar surface area (TPSA) is 96.0 Å². The van der Waals surface area contributed by atoms with Crippen LogP contribution in [0, 0.1) is 0 Å². The molecule has 2 heterocycles. The number of hydrogen-bond acceptors (Lipinski definition) is 5. The first-order valence-corrected chi connectivity index (χ1v) is 11.3. The van der Waals surface area contributed by atoms with Crippen molar-refractivity contribution < 1.29 is 23.9 Å². The van der Waals surface area contributed by atoms with Gasteiger partial charge in [0.2, 0.25) is 5.91 Å². The van der Waals surface area contributed by atoms with E-state index in [0.29, 0.717) is 34.8 Å². The maximum absolute atomic E-state index is 12.9. The number of carbonyl (C=O) groups excluding carboxylic acids is 4. The summed E-state index contributed by atoms with van der Waals surface area (Å²) in [6, 6.07) is 21.3. The zero-order chi connectivity index (χ0) is 24.5. The molecule has 0 aliphatic carbocycles. The van der Waals surface area contributed by atoms with E-state index in [1.165, 1.54) is 0 Å². The normalized spacial score (nSPS) is 16.6. The first-order valence-electron chi connectivity index (χ1n) is 11.3. The third-order valence-electron chi connectivity index (χ3n) is 6.08. The number of anilines is 2. The van der Waals surface area contributed by atoms with Crippen molar-refractivity contribution >= 4 is 35.0 Å². The summed E-state index contributed by atoms with van der Waals surface area (Å²) in [6.45, 7) is 2.05. The SMILES string of the molecule is CC1Oc2ccc(NC(=O)CCN3C(=O)c4ccccc4C3=O)cc2N(Cc2ccccc2)C1=O. The van der Waals surface area contributed by atoms with Crippen LogP contribution in [0.15, 0.2) is 72.8 Å². The summed E-state index contributed by atoms with van der Waals surface area (Å²) in [6.07, 6.45) is -0.672. The lowest BCUT2D eigenvalue weighted by Gasteiger charge is -2.33. The number of nitrogens with one attached hydrogen (secondary N) is 1. The van der Waals surface area contributed by atoms with Crippen molar-refractivity contribution in [2.45, 2.75) is 26.0 Å². The Kier molecular flexibility index (Phi) is 5.78. The van der Waals surface area contributed by atoms with Crippen molar-refractivity contribution in [3.63, 3.8) is 0 Å². The van der Waals surface area contributed by atoms with Crippen molar-refractivity contribution in [1.29, 1.82) is 0 Å². The predicted octanol–water partition coefficient (Wildman–Crippen LogP) is 3.63. The molecule has 0 aromatic heterocycles. The Hall–Kier alpha value is -4.46. The number of nitrogens with zero attached hydrogens (tertiary/aromatic N) is 2. The fraction of sp³-hybridized carbons (Fsp3) is 0.185. The number of ether oxygens (including phenoxy) is 1. The first-order chi connectivity index (χ1) is 16.9. The highest BCUT2D eigenvalue weighted by Crippen LogP contribution is 2.37. The molecule has 1 unspecified atom stereocenters. The predicted molar refractivity (Wildman–Crippen MR) is 129 cm³/mol. The van der Waals surface area contributed by atoms with Crippen LogP contribution in [-0.2, 0) is 16.1 Å². The quantitative estimate of drug-likeness (QED) is 0.557. The molecule has 1 atom stereocenters. The molecule has 0 fully saturated rings. The van der Waals surface area contributed by atoms with Crippen LogP contribution < -0.4 is 15.0 Å². The van der Waals surface area contributed by atoms with Crippen LogP contribution >= 0.6 is 0 Å². The number of amides is 4. The van der Waals surface area contributed by atoms with Gasteiger partial charge in [0.25, 0.3) is 17.7 Å². The van der Waals surface area contributed by atoms with Gasteiger partial charge in [-0.3, -0.25) is 24.1 Å². The number of hydrogen-bond donors (Lipinski definition) is 1. The third-order valence-corrected chi connectivity index (χ3v) is 6.08. The van der Waals surface area contributed by atoms with Crippen molar-refractivity contribution in [2.24, 2.45) is 0 Å². The van der Waals surface area contributed by atoms with E-state index < -0.39 is 17.9 Å². The number of rotatable bonds is 6. The number of fused-ring (bicyclic) bond motifs is 2. The summed E-state index contributed by atoms with van der Waals surface area (Å²) in [7, 11) is 0. The van der Waals surface area contributed by atoms with Crippen LogP contribution in [0.1, 0.15) is 39.6 Å². The lowest BCUT2D eigenvalue weighted by atomic mass is 10.1. The van der Waals surface area contributed by atoms with E-state index >= 15 is 0 Å². The van der Waals surface area contributed by atoms with Crippen LogP contribution in [0.5, 0.6) is 5.75 Å². The van der Waals surface area contributed by atoms with Gasteiger partial charge in [-0.05, 0) is 42.8 Å². The average Bonchev–Trinajstić information content (AvgIpc) is 3.11. The van der Waals surface area contributed by atoms with E-state index in [4.69, 9.17) is 4.74 Å². The third kappa shape index (κ3) is 4.26. The fourth-order valence-electron chi connectivity index (χ4n) is 4.29. The summed E-state index contributed by atoms with van der Waals surface area (Å²) in [5, 5.41) is 2.80. The highest BCUT2D eigenvalue weighted by atomic mass is 16.5. The van der Waals surface area contributed by atoms with Crippen LogP contribution in [0.3, 0.4) is 0 Å². The second-order valence-corrected chi connectivity index (χ2v) is 8.46. The zero-order valence-corrected chi connectivity index (χ0v) is 19.1. The number of carbonyl (C=O) groups is 4. The van der Waals surface area contributed by atoms with E-state index in [2.05, 4.69) is 5.32 Å². The summed E-state index contributed by atoms with van der Waals surface area (Å²) in [5.74, 6) is -0.762. The Bertz CT molecular complexity index is 1300. The standard InChI is InChI=1S/C27H23N3O5/c1-17-25(32)30(16-18-7-3-2-4-8-18)22-15-19(11-12-23(22)35-17)28-24(31)13-14-29-26(33)20-9-5-6-10-21(20)27(29)34/h2-12,15,17H,13-14,16H2,1H3,(H,28,31). The van der Waals surface area contributed by atoms with Crippen LogP contribution in [0.25, 0.3) is 0 Å². The van der Waals surface area contributed by atoms with Gasteiger partial charge in [-0.2, -0.15) is 0 Å². The molecule has 1 N–H and O–H groups in total. The van der Waals surface area contributed by atoms with Crippen LogP contribution in [0.2, 0.25) is 0 Å². The lowest BCUT2D eigenvalue weighted by Crippen LogP contribution is -2.44. The minimum atomic E-state index is -0.619. The maximum Gasteiger partial charge on any atom is 0.268 e. The largest absolute Gasteiger partial charge is 0.479 e. The minimum Gasteiger partial charge on any atom is -0.479 e. The van der Waals surface area contributed by atoms with Crippen molar-refractivity contribution in [3.05, 3.63) is 89.5 Å². The summed E-state index contributed by atoms with van der Waals surface area (Å²) in [4.78, 5) is 53.3. The molecule has 3 aromatic rings. The van der Waals surface area contributed by atoms with E-state index in [1.54, 1.807) is 54.3 Å². The van der Waals surface area contributed by atoms with E-state index in [-0.39, 0.29) is 24.8 Å². The Labute approximate surface area is 202 Å². The summed E-state index contributed by atoms with van der Waals surface area (Å²) < 4.78 is 5.76. The fourth-order valence-corrected chi connectivity index (χ4v) is 4.29. The molecule has 4 amide bonds. The second kappa shape index (κ2) is 9.06. The van der Waals surface area contributed by atoms with Crippen molar-refractivity contribution in [3.8, 4) is 5.75 Å². The molecular formula is C27H23N3O5. The Morgan fingerprint density at radius 3 is 2.23 bits per heavy atom. The summed E-state index contributed by atoms with van der Waals surface area (Å²) in [5.41, 5.74) is 2.72. The van der Waals surface area contributed by atoms with Crippen LogP contribution in [-0.4, -0.2) is 41.2 Å². The maximum atomic E-state index is 12.9. The van der Waals surface area contributed by atoms with Gasteiger partial charge < -0.3 is 15.0 Å². The zero-order valence-electron chi connectivity index (χ0n) is 19.1. The molecule has 35 heavy (non-hydrogen) atoms. The molecule has 5 rings (SSSR count). The molecule has 0 spiro atoms.